The van der Waals surface area contributed by atoms with Crippen molar-refractivity contribution in [2.24, 2.45) is 0 Å². The maximum Gasteiger partial charge on any atom is 0.0878 e. The summed E-state index contributed by atoms with van der Waals surface area (Å²) in [6.45, 7) is 12.4. The zero-order valence-electron chi connectivity index (χ0n) is 15.0. The van der Waals surface area contributed by atoms with Gasteiger partial charge in [-0.1, -0.05) is 18.2 Å². The van der Waals surface area contributed by atoms with Crippen LogP contribution in [0.25, 0.3) is 0 Å². The Bertz CT molecular complexity index is 453. The second kappa shape index (κ2) is 6.07. The Morgan fingerprint density at radius 1 is 0.619 bits per heavy atom. The van der Waals surface area contributed by atoms with Crippen molar-refractivity contribution in [1.29, 1.82) is 0 Å². The molecule has 0 bridgehead atoms. The maximum absolute atomic E-state index is 5.77. The van der Waals surface area contributed by atoms with E-state index >= 15 is 0 Å². The molecule has 21 heavy (non-hydrogen) atoms. The summed E-state index contributed by atoms with van der Waals surface area (Å²) in [5.74, 6) is 0. The van der Waals surface area contributed by atoms with Crippen LogP contribution in [-0.2, 0) is 31.0 Å². The minimum atomic E-state index is -0.433. The molecule has 0 aliphatic carbocycles. The van der Waals surface area contributed by atoms with Gasteiger partial charge in [0.2, 0.25) is 0 Å². The minimum Gasteiger partial charge on any atom is -0.374 e. The summed E-state index contributed by atoms with van der Waals surface area (Å²) >= 11 is 0. The number of hydrogen-bond donors (Lipinski definition) is 0. The van der Waals surface area contributed by atoms with Crippen LogP contribution in [0, 0.1) is 0 Å². The predicted molar refractivity (Wildman–Crippen MR) is 86.5 cm³/mol. The monoisotopic (exact) mass is 294 g/mol. The van der Waals surface area contributed by atoms with Crippen LogP contribution in [0.4, 0.5) is 0 Å². The summed E-state index contributed by atoms with van der Waals surface area (Å²) in [4.78, 5) is 0. The van der Waals surface area contributed by atoms with E-state index in [2.05, 4.69) is 59.7 Å². The van der Waals surface area contributed by atoms with Crippen molar-refractivity contribution in [1.82, 2.24) is 0 Å². The Morgan fingerprint density at radius 2 is 0.952 bits per heavy atom. The highest BCUT2D eigenvalue weighted by atomic mass is 16.5. The van der Waals surface area contributed by atoms with Gasteiger partial charge in [-0.15, -0.1) is 0 Å². The van der Waals surface area contributed by atoms with Crippen molar-refractivity contribution in [3.8, 4) is 0 Å². The first-order chi connectivity index (χ1) is 9.53. The van der Waals surface area contributed by atoms with Gasteiger partial charge >= 0.3 is 0 Å². The van der Waals surface area contributed by atoms with E-state index in [9.17, 15) is 0 Å². The first kappa shape index (κ1) is 18.1. The SMILES string of the molecule is COC(C)(C)c1cccc(C(C)(C)OC)c1C(C)(C)OC. The highest BCUT2D eigenvalue weighted by Crippen LogP contribution is 2.41. The summed E-state index contributed by atoms with van der Waals surface area (Å²) in [6.07, 6.45) is 0. The smallest absolute Gasteiger partial charge is 0.0878 e. The van der Waals surface area contributed by atoms with Crippen LogP contribution in [0.15, 0.2) is 18.2 Å². The van der Waals surface area contributed by atoms with Gasteiger partial charge in [-0.05, 0) is 58.2 Å². The third-order valence-corrected chi connectivity index (χ3v) is 4.49. The van der Waals surface area contributed by atoms with Crippen LogP contribution in [0.3, 0.4) is 0 Å². The highest BCUT2D eigenvalue weighted by Gasteiger charge is 2.36. The fraction of sp³-hybridized carbons (Fsp3) is 0.667. The van der Waals surface area contributed by atoms with Crippen LogP contribution in [0.5, 0.6) is 0 Å². The molecule has 0 saturated heterocycles. The average Bonchev–Trinajstić information content (AvgIpc) is 2.46. The van der Waals surface area contributed by atoms with Gasteiger partial charge in [-0.2, -0.15) is 0 Å². The summed E-state index contributed by atoms with van der Waals surface area (Å²) in [5.41, 5.74) is 2.15. The molecule has 0 amide bonds. The van der Waals surface area contributed by atoms with Gasteiger partial charge in [0.15, 0.2) is 0 Å². The lowest BCUT2D eigenvalue weighted by Crippen LogP contribution is -2.34. The van der Waals surface area contributed by atoms with Crippen molar-refractivity contribution in [2.45, 2.75) is 58.3 Å². The van der Waals surface area contributed by atoms with Gasteiger partial charge in [0.1, 0.15) is 0 Å². The first-order valence-corrected chi connectivity index (χ1v) is 7.33. The molecule has 0 aromatic heterocycles. The minimum absolute atomic E-state index is 0.398. The molecule has 0 spiro atoms. The lowest BCUT2D eigenvalue weighted by Gasteiger charge is -2.38. The topological polar surface area (TPSA) is 27.7 Å². The standard InChI is InChI=1S/C18H30O3/c1-16(2,19-7)13-11-10-12-14(17(3,4)20-8)15(13)18(5,6)21-9/h10-12H,1-9H3. The van der Waals surface area contributed by atoms with Crippen LogP contribution in [-0.4, -0.2) is 21.3 Å². The van der Waals surface area contributed by atoms with E-state index in [0.29, 0.717) is 0 Å². The van der Waals surface area contributed by atoms with Crippen LogP contribution < -0.4 is 0 Å². The molecule has 120 valence electrons. The molecular formula is C18H30O3. The molecular weight excluding hydrogens is 264 g/mol. The predicted octanol–water partition coefficient (Wildman–Crippen LogP) is 4.33. The molecule has 0 aliphatic heterocycles. The summed E-state index contributed by atoms with van der Waals surface area (Å²) in [5, 5.41) is 0. The average molecular weight is 294 g/mol. The molecule has 0 fully saturated rings. The first-order valence-electron chi connectivity index (χ1n) is 7.33. The molecule has 0 saturated carbocycles. The van der Waals surface area contributed by atoms with E-state index in [0.717, 1.165) is 16.7 Å². The molecule has 3 nitrogen and oxygen atoms in total. The van der Waals surface area contributed by atoms with E-state index in [1.54, 1.807) is 21.3 Å². The number of hydrogen-bond acceptors (Lipinski definition) is 3. The van der Waals surface area contributed by atoms with E-state index in [-0.39, 0.29) is 0 Å². The quantitative estimate of drug-likeness (QED) is 0.781. The molecule has 0 aliphatic rings. The maximum atomic E-state index is 5.77. The second-order valence-corrected chi connectivity index (χ2v) is 6.87. The molecule has 0 radical (unpaired) electrons. The number of methoxy groups -OCH3 is 3. The van der Waals surface area contributed by atoms with Crippen molar-refractivity contribution in [3.05, 3.63) is 34.9 Å². The molecule has 0 atom stereocenters. The van der Waals surface area contributed by atoms with Crippen molar-refractivity contribution in [3.63, 3.8) is 0 Å². The lowest BCUT2D eigenvalue weighted by molar-refractivity contribution is -0.0144. The third kappa shape index (κ3) is 3.47. The Hall–Kier alpha value is -0.900. The molecule has 3 heteroatoms. The number of benzene rings is 1. The Kier molecular flexibility index (Phi) is 5.25. The summed E-state index contributed by atoms with van der Waals surface area (Å²) < 4.78 is 17.2. The number of rotatable bonds is 6. The normalized spacial score (nSPS) is 13.6. The Balaban J connectivity index is 3.73. The second-order valence-electron chi connectivity index (χ2n) is 6.87. The van der Waals surface area contributed by atoms with Gasteiger partial charge in [0.05, 0.1) is 16.8 Å². The van der Waals surface area contributed by atoms with Crippen molar-refractivity contribution >= 4 is 0 Å². The Labute approximate surface area is 129 Å². The van der Waals surface area contributed by atoms with E-state index in [1.165, 1.54) is 0 Å². The van der Waals surface area contributed by atoms with Gasteiger partial charge in [-0.3, -0.25) is 0 Å². The third-order valence-electron chi connectivity index (χ3n) is 4.49. The largest absolute Gasteiger partial charge is 0.374 e. The van der Waals surface area contributed by atoms with Crippen molar-refractivity contribution in [2.75, 3.05) is 21.3 Å². The fourth-order valence-corrected chi connectivity index (χ4v) is 2.53. The van der Waals surface area contributed by atoms with Gasteiger partial charge < -0.3 is 14.2 Å². The van der Waals surface area contributed by atoms with E-state index in [1.807, 2.05) is 0 Å². The van der Waals surface area contributed by atoms with Gasteiger partial charge in [0, 0.05) is 21.3 Å². The molecule has 1 aromatic carbocycles. The van der Waals surface area contributed by atoms with E-state index < -0.39 is 16.8 Å². The molecule has 0 N–H and O–H groups in total. The van der Waals surface area contributed by atoms with E-state index in [4.69, 9.17) is 14.2 Å². The fourth-order valence-electron chi connectivity index (χ4n) is 2.53. The van der Waals surface area contributed by atoms with Gasteiger partial charge in [-0.25, -0.2) is 0 Å². The van der Waals surface area contributed by atoms with Gasteiger partial charge in [0.25, 0.3) is 0 Å². The molecule has 0 unspecified atom stereocenters. The molecule has 0 heterocycles. The zero-order chi connectivity index (χ0) is 16.5. The molecule has 1 rings (SSSR count). The summed E-state index contributed by atoms with van der Waals surface area (Å²) in [6, 6.07) is 6.27. The van der Waals surface area contributed by atoms with Crippen LogP contribution >= 0.6 is 0 Å². The molecule has 1 aromatic rings. The van der Waals surface area contributed by atoms with Crippen LogP contribution in [0.1, 0.15) is 58.2 Å². The summed E-state index contributed by atoms with van der Waals surface area (Å²) in [7, 11) is 5.20. The Morgan fingerprint density at radius 3 is 1.24 bits per heavy atom. The van der Waals surface area contributed by atoms with Crippen molar-refractivity contribution < 1.29 is 14.2 Å². The lowest BCUT2D eigenvalue weighted by atomic mass is 9.78. The number of ether oxygens (including phenoxy) is 3. The van der Waals surface area contributed by atoms with Crippen LogP contribution in [0.2, 0.25) is 0 Å². The zero-order valence-corrected chi connectivity index (χ0v) is 15.0. The highest BCUT2D eigenvalue weighted by molar-refractivity contribution is 5.44.